The Balaban J connectivity index is 1.49. The Morgan fingerprint density at radius 2 is 1.83 bits per heavy atom. The van der Waals surface area contributed by atoms with E-state index in [0.717, 1.165) is 37.1 Å². The Bertz CT molecular complexity index is 1060. The standard InChI is InChI=1S/C21H22ClN7/c1-2-3-8-19-23-21(22)26-29(19)14-16-11-9-15(10-12-16)13-17-6-4-5-7-18(17)20-24-27-28-25-20/h4-7,9-12H,2-3,8,13-14H2,1H3,(H,24,25,27,28). The molecule has 0 amide bonds. The highest BCUT2D eigenvalue weighted by atomic mass is 35.5. The second kappa shape index (κ2) is 8.96. The van der Waals surface area contributed by atoms with Gasteiger partial charge in [0.05, 0.1) is 6.54 Å². The zero-order chi connectivity index (χ0) is 20.1. The quantitative estimate of drug-likeness (QED) is 0.475. The van der Waals surface area contributed by atoms with Gasteiger partial charge in [0, 0.05) is 12.0 Å². The van der Waals surface area contributed by atoms with Gasteiger partial charge in [-0.15, -0.1) is 10.2 Å². The molecule has 0 saturated carbocycles. The second-order valence-electron chi connectivity index (χ2n) is 6.96. The van der Waals surface area contributed by atoms with Gasteiger partial charge in [0.25, 0.3) is 0 Å². The molecule has 2 aromatic heterocycles. The molecule has 8 heteroatoms. The van der Waals surface area contributed by atoms with Gasteiger partial charge >= 0.3 is 0 Å². The number of H-pyrrole nitrogens is 1. The number of nitrogens with one attached hydrogen (secondary N) is 1. The van der Waals surface area contributed by atoms with Crippen molar-refractivity contribution in [3.05, 3.63) is 76.3 Å². The SMILES string of the molecule is CCCCc1nc(Cl)nn1Cc1ccc(Cc2ccccc2-c2nnn[nH]2)cc1. The van der Waals surface area contributed by atoms with Crippen LogP contribution in [0.2, 0.25) is 5.28 Å². The summed E-state index contributed by atoms with van der Waals surface area (Å²) in [6.07, 6.45) is 3.88. The third kappa shape index (κ3) is 4.68. The molecular weight excluding hydrogens is 386 g/mol. The molecule has 0 aliphatic rings. The van der Waals surface area contributed by atoms with Crippen molar-refractivity contribution in [3.8, 4) is 11.4 Å². The molecule has 0 unspecified atom stereocenters. The summed E-state index contributed by atoms with van der Waals surface area (Å²) >= 11 is 6.02. The van der Waals surface area contributed by atoms with Crippen LogP contribution in [0.3, 0.4) is 0 Å². The van der Waals surface area contributed by atoms with Crippen LogP contribution < -0.4 is 0 Å². The van der Waals surface area contributed by atoms with Gasteiger partial charge in [-0.25, -0.2) is 14.8 Å². The summed E-state index contributed by atoms with van der Waals surface area (Å²) in [5.41, 5.74) is 4.57. The topological polar surface area (TPSA) is 85.2 Å². The number of hydrogen-bond donors (Lipinski definition) is 1. The Kier molecular flexibility index (Phi) is 5.95. The maximum atomic E-state index is 6.02. The van der Waals surface area contributed by atoms with E-state index in [-0.39, 0.29) is 0 Å². The molecule has 2 aromatic carbocycles. The Morgan fingerprint density at radius 1 is 1.03 bits per heavy atom. The molecule has 148 valence electrons. The van der Waals surface area contributed by atoms with Crippen molar-refractivity contribution in [1.82, 2.24) is 35.4 Å². The van der Waals surface area contributed by atoms with Crippen LogP contribution in [-0.4, -0.2) is 35.4 Å². The van der Waals surface area contributed by atoms with Crippen LogP contribution >= 0.6 is 11.6 Å². The molecule has 4 rings (SSSR count). The number of aromatic amines is 1. The molecule has 4 aromatic rings. The molecule has 0 aliphatic heterocycles. The molecule has 1 N–H and O–H groups in total. The van der Waals surface area contributed by atoms with E-state index >= 15 is 0 Å². The van der Waals surface area contributed by atoms with E-state index in [2.05, 4.69) is 68.0 Å². The number of halogens is 1. The lowest BCUT2D eigenvalue weighted by molar-refractivity contribution is 0.618. The number of rotatable bonds is 8. The molecule has 0 aliphatic carbocycles. The summed E-state index contributed by atoms with van der Waals surface area (Å²) in [4.78, 5) is 4.35. The molecule has 7 nitrogen and oxygen atoms in total. The summed E-state index contributed by atoms with van der Waals surface area (Å²) < 4.78 is 1.90. The lowest BCUT2D eigenvalue weighted by atomic mass is 9.98. The molecule has 0 fully saturated rings. The molecule has 2 heterocycles. The zero-order valence-corrected chi connectivity index (χ0v) is 17.0. The average molecular weight is 408 g/mol. The number of aromatic nitrogens is 7. The highest BCUT2D eigenvalue weighted by Gasteiger charge is 2.10. The summed E-state index contributed by atoms with van der Waals surface area (Å²) in [5.74, 6) is 1.62. The normalized spacial score (nSPS) is 11.1. The fourth-order valence-corrected chi connectivity index (χ4v) is 3.51. The van der Waals surface area contributed by atoms with E-state index in [1.807, 2.05) is 22.9 Å². The number of nitrogens with zero attached hydrogens (tertiary/aromatic N) is 6. The predicted molar refractivity (Wildman–Crippen MR) is 112 cm³/mol. The minimum Gasteiger partial charge on any atom is -0.244 e. The maximum absolute atomic E-state index is 6.02. The van der Waals surface area contributed by atoms with Gasteiger partial charge < -0.3 is 0 Å². The van der Waals surface area contributed by atoms with E-state index in [1.165, 1.54) is 16.7 Å². The van der Waals surface area contributed by atoms with Crippen LogP contribution in [0.25, 0.3) is 11.4 Å². The van der Waals surface area contributed by atoms with Crippen LogP contribution in [0.15, 0.2) is 48.5 Å². The van der Waals surface area contributed by atoms with E-state index in [0.29, 0.717) is 17.7 Å². The molecule has 0 spiro atoms. The van der Waals surface area contributed by atoms with Crippen molar-refractivity contribution in [2.24, 2.45) is 0 Å². The number of tetrazole rings is 1. The van der Waals surface area contributed by atoms with Gasteiger partial charge in [0.1, 0.15) is 5.82 Å². The molecular formula is C21H22ClN7. The van der Waals surface area contributed by atoms with Crippen molar-refractivity contribution in [1.29, 1.82) is 0 Å². The molecule has 0 radical (unpaired) electrons. The van der Waals surface area contributed by atoms with Crippen LogP contribution in [0.5, 0.6) is 0 Å². The van der Waals surface area contributed by atoms with E-state index in [4.69, 9.17) is 11.6 Å². The fraction of sp³-hybridized carbons (Fsp3) is 0.286. The number of benzene rings is 2. The maximum Gasteiger partial charge on any atom is 0.242 e. The van der Waals surface area contributed by atoms with Gasteiger partial charge in [0.2, 0.25) is 5.28 Å². The van der Waals surface area contributed by atoms with Gasteiger partial charge in [-0.2, -0.15) is 0 Å². The zero-order valence-electron chi connectivity index (χ0n) is 16.2. The Morgan fingerprint density at radius 3 is 2.59 bits per heavy atom. The smallest absolute Gasteiger partial charge is 0.242 e. The molecule has 29 heavy (non-hydrogen) atoms. The Hall–Kier alpha value is -3.06. The minimum absolute atomic E-state index is 0.311. The minimum atomic E-state index is 0.311. The summed E-state index contributed by atoms with van der Waals surface area (Å²) in [6.45, 7) is 2.83. The highest BCUT2D eigenvalue weighted by molar-refractivity contribution is 6.28. The Labute approximate surface area is 174 Å². The first-order valence-corrected chi connectivity index (χ1v) is 10.1. The monoisotopic (exact) mass is 407 g/mol. The lowest BCUT2D eigenvalue weighted by Gasteiger charge is -2.09. The number of hydrogen-bond acceptors (Lipinski definition) is 5. The van der Waals surface area contributed by atoms with Crippen LogP contribution in [0.4, 0.5) is 0 Å². The van der Waals surface area contributed by atoms with Crippen molar-refractivity contribution >= 4 is 11.6 Å². The largest absolute Gasteiger partial charge is 0.244 e. The third-order valence-electron chi connectivity index (χ3n) is 4.84. The van der Waals surface area contributed by atoms with Gasteiger partial charge in [-0.1, -0.05) is 61.9 Å². The molecule has 0 bridgehead atoms. The lowest BCUT2D eigenvalue weighted by Crippen LogP contribution is -2.07. The first-order valence-electron chi connectivity index (χ1n) is 9.72. The van der Waals surface area contributed by atoms with Crippen molar-refractivity contribution in [2.75, 3.05) is 0 Å². The van der Waals surface area contributed by atoms with Gasteiger partial charge in [0.15, 0.2) is 5.82 Å². The third-order valence-corrected chi connectivity index (χ3v) is 5.00. The van der Waals surface area contributed by atoms with Gasteiger partial charge in [-0.3, -0.25) is 0 Å². The first kappa shape index (κ1) is 19.3. The number of unbranched alkanes of at least 4 members (excludes halogenated alkanes) is 1. The molecule has 0 atom stereocenters. The summed E-state index contributed by atoms with van der Waals surface area (Å²) in [6, 6.07) is 16.7. The van der Waals surface area contributed by atoms with Crippen LogP contribution in [-0.2, 0) is 19.4 Å². The van der Waals surface area contributed by atoms with Crippen molar-refractivity contribution in [3.63, 3.8) is 0 Å². The molecule has 0 saturated heterocycles. The van der Waals surface area contributed by atoms with Gasteiger partial charge in [-0.05, 0) is 51.6 Å². The summed E-state index contributed by atoms with van der Waals surface area (Å²) in [5, 5.41) is 18.9. The average Bonchev–Trinajstić information content (AvgIpc) is 3.38. The van der Waals surface area contributed by atoms with E-state index in [9.17, 15) is 0 Å². The summed E-state index contributed by atoms with van der Waals surface area (Å²) in [7, 11) is 0. The fourth-order valence-electron chi connectivity index (χ4n) is 3.32. The predicted octanol–water partition coefficient (Wildman–Crippen LogP) is 4.09. The van der Waals surface area contributed by atoms with Crippen LogP contribution in [0, 0.1) is 0 Å². The number of aryl methyl sites for hydroxylation is 1. The van der Waals surface area contributed by atoms with E-state index in [1.54, 1.807) is 0 Å². The van der Waals surface area contributed by atoms with Crippen LogP contribution in [0.1, 0.15) is 42.3 Å². The second-order valence-corrected chi connectivity index (χ2v) is 7.30. The van der Waals surface area contributed by atoms with Crippen molar-refractivity contribution < 1.29 is 0 Å². The van der Waals surface area contributed by atoms with Crippen molar-refractivity contribution in [2.45, 2.75) is 39.2 Å². The van der Waals surface area contributed by atoms with E-state index < -0.39 is 0 Å². The highest BCUT2D eigenvalue weighted by Crippen LogP contribution is 2.22. The first-order chi connectivity index (χ1) is 14.2.